The summed E-state index contributed by atoms with van der Waals surface area (Å²) in [6.45, 7) is 7.63. The molecule has 9 nitrogen and oxygen atoms in total. The molecule has 1 saturated heterocycles. The summed E-state index contributed by atoms with van der Waals surface area (Å²) in [5, 5.41) is 2.96. The Morgan fingerprint density at radius 3 is 2.85 bits per heavy atom. The van der Waals surface area contributed by atoms with E-state index in [1.165, 1.54) is 16.8 Å². The molecule has 10 heteroatoms. The highest BCUT2D eigenvalue weighted by molar-refractivity contribution is 7.29. The molecule has 146 valence electrons. The van der Waals surface area contributed by atoms with Crippen LogP contribution >= 0.6 is 8.96 Å². The Bertz CT molecular complexity index is 718. The summed E-state index contributed by atoms with van der Waals surface area (Å²) in [7, 11) is -0.0715. The number of aromatic amines is 1. The quantitative estimate of drug-likeness (QED) is 0.387. The lowest BCUT2D eigenvalue weighted by molar-refractivity contribution is -0.148. The molecule has 2 N–H and O–H groups in total. The van der Waals surface area contributed by atoms with Crippen LogP contribution in [0.2, 0.25) is 0 Å². The SMILES string of the molecule is CC(C)OC(=O)[C@H](C)NPOC[C@@H]1C[C@H](C)[C@H](n2ccc(=O)[nH]c2=O)O1. The fourth-order valence-corrected chi connectivity index (χ4v) is 3.30. The normalized spacial score (nSPS) is 24.4. The van der Waals surface area contributed by atoms with E-state index in [1.807, 2.05) is 6.92 Å². The molecule has 1 aromatic rings. The molecule has 1 unspecified atom stereocenters. The van der Waals surface area contributed by atoms with Crippen LogP contribution in [0.15, 0.2) is 21.9 Å². The molecule has 0 bridgehead atoms. The zero-order valence-electron chi connectivity index (χ0n) is 15.4. The van der Waals surface area contributed by atoms with Crippen molar-refractivity contribution in [3.8, 4) is 0 Å². The maximum Gasteiger partial charge on any atom is 0.330 e. The maximum absolute atomic E-state index is 11.9. The minimum atomic E-state index is -0.489. The molecule has 1 aliphatic rings. The standard InChI is InChI=1S/C16H26N3O6P/c1-9(2)24-15(21)11(4)18-26-23-8-12-7-10(3)14(25-12)19-6-5-13(20)17-16(19)22/h5-6,9-12,14,18,26H,7-8H2,1-4H3,(H,17,20,22)/t10-,11-,12-,14+/m0/s1. The highest BCUT2D eigenvalue weighted by Crippen LogP contribution is 2.33. The summed E-state index contributed by atoms with van der Waals surface area (Å²) in [5.74, 6) is -0.220. The molecule has 2 rings (SSSR count). The Morgan fingerprint density at radius 2 is 2.19 bits per heavy atom. The van der Waals surface area contributed by atoms with Crippen LogP contribution in [-0.2, 0) is 18.8 Å². The van der Waals surface area contributed by atoms with E-state index in [1.54, 1.807) is 20.8 Å². The lowest BCUT2D eigenvalue weighted by Crippen LogP contribution is -2.33. The van der Waals surface area contributed by atoms with E-state index >= 15 is 0 Å². The van der Waals surface area contributed by atoms with Gasteiger partial charge in [-0.1, -0.05) is 6.92 Å². The molecule has 1 fully saturated rings. The number of nitrogens with zero attached hydrogens (tertiary/aromatic N) is 1. The van der Waals surface area contributed by atoms with Gasteiger partial charge in [-0.3, -0.25) is 24.2 Å². The monoisotopic (exact) mass is 387 g/mol. The number of carbonyl (C=O) groups excluding carboxylic acids is 1. The lowest BCUT2D eigenvalue weighted by atomic mass is 10.1. The summed E-state index contributed by atoms with van der Waals surface area (Å²) >= 11 is 0. The number of hydrogen-bond acceptors (Lipinski definition) is 7. The first kappa shape index (κ1) is 20.8. The number of esters is 1. The van der Waals surface area contributed by atoms with Crippen LogP contribution in [0.1, 0.15) is 40.3 Å². The van der Waals surface area contributed by atoms with Crippen LogP contribution in [0, 0.1) is 5.92 Å². The van der Waals surface area contributed by atoms with Gasteiger partial charge >= 0.3 is 11.7 Å². The van der Waals surface area contributed by atoms with Gasteiger partial charge in [0.1, 0.15) is 12.3 Å². The van der Waals surface area contributed by atoms with Crippen LogP contribution in [0.4, 0.5) is 0 Å². The van der Waals surface area contributed by atoms with E-state index in [0.717, 1.165) is 6.42 Å². The van der Waals surface area contributed by atoms with Gasteiger partial charge in [0, 0.05) is 18.2 Å². The molecule has 2 heterocycles. The van der Waals surface area contributed by atoms with Crippen molar-refractivity contribution in [2.75, 3.05) is 6.61 Å². The van der Waals surface area contributed by atoms with Crippen LogP contribution in [0.3, 0.4) is 0 Å². The predicted molar refractivity (Wildman–Crippen MR) is 97.1 cm³/mol. The molecule has 26 heavy (non-hydrogen) atoms. The Balaban J connectivity index is 1.77. The summed E-state index contributed by atoms with van der Waals surface area (Å²) in [6.07, 6.45) is 1.41. The van der Waals surface area contributed by atoms with Crippen molar-refractivity contribution in [3.63, 3.8) is 0 Å². The van der Waals surface area contributed by atoms with Gasteiger partial charge < -0.3 is 14.0 Å². The molecule has 0 aromatic carbocycles. The molecular weight excluding hydrogens is 361 g/mol. The second-order valence-corrected chi connectivity index (χ2v) is 7.43. The molecule has 5 atom stereocenters. The van der Waals surface area contributed by atoms with Crippen LogP contribution in [-0.4, -0.2) is 40.4 Å². The second-order valence-electron chi connectivity index (χ2n) is 6.64. The zero-order chi connectivity index (χ0) is 19.3. The number of rotatable bonds is 8. The van der Waals surface area contributed by atoms with Gasteiger partial charge in [0.05, 0.1) is 27.8 Å². The predicted octanol–water partition coefficient (Wildman–Crippen LogP) is 0.915. The van der Waals surface area contributed by atoms with Gasteiger partial charge in [0.2, 0.25) is 0 Å². The number of hydrogen-bond donors (Lipinski definition) is 2. The summed E-state index contributed by atoms with van der Waals surface area (Å²) < 4.78 is 17.9. The maximum atomic E-state index is 11.9. The van der Waals surface area contributed by atoms with Crippen LogP contribution in [0.5, 0.6) is 0 Å². The minimum absolute atomic E-state index is 0.0715. The van der Waals surface area contributed by atoms with Crippen molar-refractivity contribution >= 4 is 14.9 Å². The highest BCUT2D eigenvalue weighted by atomic mass is 31.1. The first-order valence-electron chi connectivity index (χ1n) is 8.57. The number of nitrogens with one attached hydrogen (secondary N) is 2. The van der Waals surface area contributed by atoms with E-state index < -0.39 is 23.5 Å². The summed E-state index contributed by atoms with van der Waals surface area (Å²) in [4.78, 5) is 37.0. The number of H-pyrrole nitrogens is 1. The van der Waals surface area contributed by atoms with Gasteiger partial charge in [-0.25, -0.2) is 4.79 Å². The van der Waals surface area contributed by atoms with Crippen molar-refractivity contribution < 1.29 is 18.8 Å². The lowest BCUT2D eigenvalue weighted by Gasteiger charge is -2.18. The van der Waals surface area contributed by atoms with Gasteiger partial charge in [-0.15, -0.1) is 0 Å². The molecular formula is C16H26N3O6P. The molecule has 0 aliphatic carbocycles. The topological polar surface area (TPSA) is 112 Å². The third-order valence-corrected chi connectivity index (χ3v) is 4.76. The number of ether oxygens (including phenoxy) is 2. The molecule has 1 aliphatic heterocycles. The van der Waals surface area contributed by atoms with Gasteiger partial charge in [0.15, 0.2) is 0 Å². The molecule has 0 spiro atoms. The summed E-state index contributed by atoms with van der Waals surface area (Å²) in [6, 6.07) is 0.844. The van der Waals surface area contributed by atoms with Crippen molar-refractivity contribution in [2.24, 2.45) is 5.92 Å². The third-order valence-electron chi connectivity index (χ3n) is 3.90. The van der Waals surface area contributed by atoms with Crippen molar-refractivity contribution in [1.82, 2.24) is 14.6 Å². The Kier molecular flexibility index (Phi) is 7.52. The Morgan fingerprint density at radius 1 is 1.46 bits per heavy atom. The average molecular weight is 387 g/mol. The largest absolute Gasteiger partial charge is 0.462 e. The molecule has 0 amide bonds. The number of carbonyl (C=O) groups is 1. The second kappa shape index (κ2) is 9.41. The Labute approximate surface area is 153 Å². The van der Waals surface area contributed by atoms with Crippen molar-refractivity contribution in [1.29, 1.82) is 0 Å². The summed E-state index contributed by atoms with van der Waals surface area (Å²) in [5.41, 5.74) is -0.925. The minimum Gasteiger partial charge on any atom is -0.462 e. The van der Waals surface area contributed by atoms with Crippen molar-refractivity contribution in [2.45, 2.75) is 58.6 Å². The molecule has 1 aromatic heterocycles. The van der Waals surface area contributed by atoms with Gasteiger partial charge in [-0.2, -0.15) is 0 Å². The van der Waals surface area contributed by atoms with Gasteiger partial charge in [0.25, 0.3) is 5.56 Å². The highest BCUT2D eigenvalue weighted by Gasteiger charge is 2.34. The van der Waals surface area contributed by atoms with E-state index in [-0.39, 0.29) is 33.1 Å². The Hall–Kier alpha value is -1.54. The van der Waals surface area contributed by atoms with E-state index in [0.29, 0.717) is 6.61 Å². The molecule has 0 radical (unpaired) electrons. The average Bonchev–Trinajstić information content (AvgIpc) is 2.91. The first-order valence-corrected chi connectivity index (χ1v) is 9.48. The van der Waals surface area contributed by atoms with E-state index in [9.17, 15) is 14.4 Å². The van der Waals surface area contributed by atoms with Crippen molar-refractivity contribution in [3.05, 3.63) is 33.1 Å². The third kappa shape index (κ3) is 5.74. The van der Waals surface area contributed by atoms with Gasteiger partial charge in [-0.05, 0) is 27.2 Å². The molecule has 0 saturated carbocycles. The van der Waals surface area contributed by atoms with E-state index in [2.05, 4.69) is 10.1 Å². The fraction of sp³-hybridized carbons (Fsp3) is 0.688. The van der Waals surface area contributed by atoms with Crippen LogP contribution < -0.4 is 16.3 Å². The van der Waals surface area contributed by atoms with Crippen LogP contribution in [0.25, 0.3) is 0 Å². The smallest absolute Gasteiger partial charge is 0.330 e. The fourth-order valence-electron chi connectivity index (χ4n) is 2.65. The van der Waals surface area contributed by atoms with E-state index in [4.69, 9.17) is 14.0 Å². The zero-order valence-corrected chi connectivity index (χ0v) is 16.4. The first-order chi connectivity index (χ1) is 12.3. The number of aromatic nitrogens is 2.